The minimum absolute atomic E-state index is 0.257. The first-order valence-electron chi connectivity index (χ1n) is 8.96. The van der Waals surface area contributed by atoms with Crippen LogP contribution in [0.5, 0.6) is 11.5 Å². The fraction of sp³-hybridized carbons (Fsp3) is 0.182. The van der Waals surface area contributed by atoms with Gasteiger partial charge in [0.1, 0.15) is 12.4 Å². The summed E-state index contributed by atoms with van der Waals surface area (Å²) in [6.07, 6.45) is 1.62. The van der Waals surface area contributed by atoms with E-state index in [0.29, 0.717) is 34.4 Å². The second-order valence-corrected chi connectivity index (χ2v) is 6.97. The fourth-order valence-electron chi connectivity index (χ4n) is 2.60. The summed E-state index contributed by atoms with van der Waals surface area (Å²) in [5, 5.41) is 3.50. The number of hydrogen-bond donors (Lipinski definition) is 1. The number of aromatic nitrogens is 1. The van der Waals surface area contributed by atoms with Crippen molar-refractivity contribution in [2.24, 2.45) is 0 Å². The van der Waals surface area contributed by atoms with Gasteiger partial charge in [-0.15, -0.1) is 0 Å². The van der Waals surface area contributed by atoms with Crippen molar-refractivity contribution in [1.82, 2.24) is 4.98 Å². The molecule has 1 N–H and O–H groups in total. The van der Waals surface area contributed by atoms with Gasteiger partial charge in [-0.25, -0.2) is 4.98 Å². The Bertz CT molecular complexity index is 974. The van der Waals surface area contributed by atoms with Crippen LogP contribution in [0.25, 0.3) is 0 Å². The molecule has 1 amide bonds. The van der Waals surface area contributed by atoms with Crippen LogP contribution in [-0.4, -0.2) is 32.1 Å². The molecule has 1 heterocycles. The van der Waals surface area contributed by atoms with Crippen molar-refractivity contribution in [2.45, 2.75) is 6.61 Å². The highest BCUT2D eigenvalue weighted by molar-refractivity contribution is 6.30. The Kier molecular flexibility index (Phi) is 6.57. The van der Waals surface area contributed by atoms with Crippen LogP contribution in [0, 0.1) is 0 Å². The first-order valence-corrected chi connectivity index (χ1v) is 9.34. The molecule has 2 aromatic carbocycles. The second-order valence-electron chi connectivity index (χ2n) is 6.53. The largest absolute Gasteiger partial charge is 0.493 e. The third-order valence-corrected chi connectivity index (χ3v) is 4.45. The molecule has 7 heteroatoms. The average Bonchev–Trinajstić information content (AvgIpc) is 2.73. The Morgan fingerprint density at radius 3 is 2.45 bits per heavy atom. The van der Waals surface area contributed by atoms with Gasteiger partial charge in [0.25, 0.3) is 5.91 Å². The topological polar surface area (TPSA) is 63.7 Å². The fourth-order valence-corrected chi connectivity index (χ4v) is 2.72. The van der Waals surface area contributed by atoms with Gasteiger partial charge in [-0.2, -0.15) is 0 Å². The van der Waals surface area contributed by atoms with Gasteiger partial charge >= 0.3 is 0 Å². The summed E-state index contributed by atoms with van der Waals surface area (Å²) in [5.41, 5.74) is 2.05. The SMILES string of the molecule is COc1cc(C(=O)Nc2ccc(N(C)C)nc2)ccc1OCc1ccc(Cl)cc1. The van der Waals surface area contributed by atoms with E-state index in [1.807, 2.05) is 49.3 Å². The van der Waals surface area contributed by atoms with Crippen molar-refractivity contribution in [2.75, 3.05) is 31.4 Å². The zero-order valence-corrected chi connectivity index (χ0v) is 17.2. The van der Waals surface area contributed by atoms with Crippen LogP contribution in [0.4, 0.5) is 11.5 Å². The maximum absolute atomic E-state index is 12.6. The summed E-state index contributed by atoms with van der Waals surface area (Å²) in [4.78, 5) is 18.7. The summed E-state index contributed by atoms with van der Waals surface area (Å²) >= 11 is 5.90. The van der Waals surface area contributed by atoms with Crippen LogP contribution in [-0.2, 0) is 6.61 Å². The van der Waals surface area contributed by atoms with Crippen molar-refractivity contribution < 1.29 is 14.3 Å². The van der Waals surface area contributed by atoms with Gasteiger partial charge in [-0.1, -0.05) is 23.7 Å². The van der Waals surface area contributed by atoms with Crippen LogP contribution in [0.2, 0.25) is 5.02 Å². The van der Waals surface area contributed by atoms with Gasteiger partial charge in [0.15, 0.2) is 11.5 Å². The Morgan fingerprint density at radius 1 is 1.07 bits per heavy atom. The molecule has 0 saturated carbocycles. The predicted octanol–water partition coefficient (Wildman–Crippen LogP) is 4.64. The van der Waals surface area contributed by atoms with Crippen molar-refractivity contribution in [3.63, 3.8) is 0 Å². The molecule has 0 saturated heterocycles. The maximum Gasteiger partial charge on any atom is 0.255 e. The van der Waals surface area contributed by atoms with E-state index in [1.54, 1.807) is 30.5 Å². The molecular formula is C22H22ClN3O3. The lowest BCUT2D eigenvalue weighted by molar-refractivity contribution is 0.102. The Hall–Kier alpha value is -3.25. The van der Waals surface area contributed by atoms with Crippen LogP contribution in [0.15, 0.2) is 60.8 Å². The van der Waals surface area contributed by atoms with E-state index in [4.69, 9.17) is 21.1 Å². The highest BCUT2D eigenvalue weighted by Gasteiger charge is 2.12. The summed E-state index contributed by atoms with van der Waals surface area (Å²) in [6, 6.07) is 16.1. The van der Waals surface area contributed by atoms with Crippen molar-refractivity contribution in [3.8, 4) is 11.5 Å². The smallest absolute Gasteiger partial charge is 0.255 e. The molecule has 0 atom stereocenters. The van der Waals surface area contributed by atoms with Crippen LogP contribution >= 0.6 is 11.6 Å². The number of nitrogens with zero attached hydrogens (tertiary/aromatic N) is 2. The molecule has 3 aromatic rings. The number of halogens is 1. The van der Waals surface area contributed by atoms with E-state index in [2.05, 4.69) is 10.3 Å². The van der Waals surface area contributed by atoms with Crippen LogP contribution in [0.1, 0.15) is 15.9 Å². The summed E-state index contributed by atoms with van der Waals surface area (Å²) in [5.74, 6) is 1.59. The average molecular weight is 412 g/mol. The molecule has 3 rings (SSSR count). The van der Waals surface area contributed by atoms with Crippen molar-refractivity contribution >= 4 is 29.0 Å². The van der Waals surface area contributed by atoms with Gasteiger partial charge in [0.2, 0.25) is 0 Å². The van der Waals surface area contributed by atoms with E-state index in [0.717, 1.165) is 11.4 Å². The van der Waals surface area contributed by atoms with Gasteiger partial charge in [0, 0.05) is 24.7 Å². The molecule has 0 aliphatic heterocycles. The predicted molar refractivity (Wildman–Crippen MR) is 115 cm³/mol. The van der Waals surface area contributed by atoms with Gasteiger partial charge in [-0.3, -0.25) is 4.79 Å². The van der Waals surface area contributed by atoms with Gasteiger partial charge < -0.3 is 19.7 Å². The van der Waals surface area contributed by atoms with E-state index in [1.165, 1.54) is 7.11 Å². The van der Waals surface area contributed by atoms with Crippen LogP contribution < -0.4 is 19.7 Å². The molecular weight excluding hydrogens is 390 g/mol. The molecule has 29 heavy (non-hydrogen) atoms. The number of pyridine rings is 1. The number of nitrogens with one attached hydrogen (secondary N) is 1. The summed E-state index contributed by atoms with van der Waals surface area (Å²) in [6.45, 7) is 0.364. The number of methoxy groups -OCH3 is 1. The van der Waals surface area contributed by atoms with E-state index < -0.39 is 0 Å². The number of anilines is 2. The number of ether oxygens (including phenoxy) is 2. The highest BCUT2D eigenvalue weighted by Crippen LogP contribution is 2.29. The summed E-state index contributed by atoms with van der Waals surface area (Å²) in [7, 11) is 5.35. The minimum Gasteiger partial charge on any atom is -0.493 e. The third kappa shape index (κ3) is 5.39. The normalized spacial score (nSPS) is 10.3. The lowest BCUT2D eigenvalue weighted by Gasteiger charge is -2.13. The first-order chi connectivity index (χ1) is 14.0. The molecule has 0 spiro atoms. The molecule has 0 unspecified atom stereocenters. The molecule has 0 radical (unpaired) electrons. The third-order valence-electron chi connectivity index (χ3n) is 4.20. The van der Waals surface area contributed by atoms with Gasteiger partial charge in [-0.05, 0) is 48.0 Å². The number of carbonyl (C=O) groups excluding carboxylic acids is 1. The molecule has 0 bridgehead atoms. The lowest BCUT2D eigenvalue weighted by atomic mass is 10.2. The quantitative estimate of drug-likeness (QED) is 0.613. The van der Waals surface area contributed by atoms with Crippen molar-refractivity contribution in [1.29, 1.82) is 0 Å². The van der Waals surface area contributed by atoms with Crippen LogP contribution in [0.3, 0.4) is 0 Å². The Morgan fingerprint density at radius 2 is 1.83 bits per heavy atom. The van der Waals surface area contributed by atoms with E-state index >= 15 is 0 Å². The Balaban J connectivity index is 1.68. The highest BCUT2D eigenvalue weighted by atomic mass is 35.5. The molecule has 6 nitrogen and oxygen atoms in total. The van der Waals surface area contributed by atoms with Crippen molar-refractivity contribution in [3.05, 3.63) is 76.9 Å². The lowest BCUT2D eigenvalue weighted by Crippen LogP contribution is -2.14. The second kappa shape index (κ2) is 9.30. The Labute approximate surface area is 175 Å². The maximum atomic E-state index is 12.6. The summed E-state index contributed by atoms with van der Waals surface area (Å²) < 4.78 is 11.2. The zero-order chi connectivity index (χ0) is 20.8. The number of carbonyl (C=O) groups is 1. The molecule has 0 aliphatic carbocycles. The van der Waals surface area contributed by atoms with E-state index in [9.17, 15) is 4.79 Å². The number of rotatable bonds is 7. The molecule has 150 valence electrons. The van der Waals surface area contributed by atoms with E-state index in [-0.39, 0.29) is 5.91 Å². The standard InChI is InChI=1S/C22H22ClN3O3/c1-26(2)21-11-9-18(13-24-21)25-22(27)16-6-10-19(20(12-16)28-3)29-14-15-4-7-17(23)8-5-15/h4-13H,14H2,1-3H3,(H,25,27). The molecule has 0 fully saturated rings. The number of hydrogen-bond acceptors (Lipinski definition) is 5. The monoisotopic (exact) mass is 411 g/mol. The molecule has 0 aliphatic rings. The van der Waals surface area contributed by atoms with Gasteiger partial charge in [0.05, 0.1) is 19.0 Å². The molecule has 1 aromatic heterocycles. The number of benzene rings is 2. The minimum atomic E-state index is -0.257. The zero-order valence-electron chi connectivity index (χ0n) is 16.5. The first kappa shape index (κ1) is 20.5. The number of amides is 1.